The van der Waals surface area contributed by atoms with Crippen molar-refractivity contribution in [1.29, 1.82) is 0 Å². The van der Waals surface area contributed by atoms with Crippen molar-refractivity contribution in [3.8, 4) is 0 Å². The van der Waals surface area contributed by atoms with Crippen molar-refractivity contribution in [3.05, 3.63) is 65.5 Å². The summed E-state index contributed by atoms with van der Waals surface area (Å²) in [5, 5.41) is 2.70. The minimum atomic E-state index is -1.87. The molecule has 156 valence electrons. The number of carbonyl (C=O) groups excluding carboxylic acids is 2. The Bertz CT molecular complexity index is 850. The van der Waals surface area contributed by atoms with Crippen LogP contribution in [-0.4, -0.2) is 37.0 Å². The maximum absolute atomic E-state index is 14.4. The van der Waals surface area contributed by atoms with E-state index in [0.29, 0.717) is 6.16 Å². The molecule has 0 aromatic heterocycles. The zero-order valence-electron chi connectivity index (χ0n) is 16.9. The van der Waals surface area contributed by atoms with E-state index in [-0.39, 0.29) is 23.8 Å². The Morgan fingerprint density at radius 2 is 1.76 bits per heavy atom. The van der Waals surface area contributed by atoms with Crippen LogP contribution < -0.4 is 5.32 Å². The third kappa shape index (κ3) is 5.63. The van der Waals surface area contributed by atoms with Crippen molar-refractivity contribution < 1.29 is 18.7 Å². The fourth-order valence-corrected chi connectivity index (χ4v) is 9.25. The summed E-state index contributed by atoms with van der Waals surface area (Å²) < 4.78 is 19.4. The van der Waals surface area contributed by atoms with Crippen LogP contribution >= 0.6 is 7.26 Å². The zero-order chi connectivity index (χ0) is 20.7. The van der Waals surface area contributed by atoms with Crippen LogP contribution in [-0.2, 0) is 15.7 Å². The second kappa shape index (κ2) is 9.98. The van der Waals surface area contributed by atoms with E-state index in [4.69, 9.17) is 4.74 Å². The Balaban J connectivity index is 1.78. The monoisotopic (exact) mass is 417 g/mol. The summed E-state index contributed by atoms with van der Waals surface area (Å²) in [5.41, 5.74) is 1.25. The van der Waals surface area contributed by atoms with E-state index in [0.717, 1.165) is 31.3 Å². The molecule has 0 bridgehead atoms. The van der Waals surface area contributed by atoms with Gasteiger partial charge in [0.2, 0.25) is 0 Å². The van der Waals surface area contributed by atoms with Gasteiger partial charge in [0.1, 0.15) is 0 Å². The van der Waals surface area contributed by atoms with Crippen LogP contribution in [0.3, 0.4) is 0 Å². The number of para-hydroxylation sites is 1. The van der Waals surface area contributed by atoms with Crippen LogP contribution in [0, 0.1) is 5.82 Å². The molecule has 2 aromatic carbocycles. The molecule has 2 aromatic rings. The van der Waals surface area contributed by atoms with Crippen molar-refractivity contribution >= 4 is 24.8 Å². The van der Waals surface area contributed by atoms with Crippen molar-refractivity contribution in [2.24, 2.45) is 0 Å². The van der Waals surface area contributed by atoms with Gasteiger partial charge in [0.15, 0.2) is 0 Å². The molecule has 1 aliphatic heterocycles. The fraction of sp³-hybridized carbons (Fsp3) is 0.391. The van der Waals surface area contributed by atoms with Gasteiger partial charge in [-0.25, -0.2) is 0 Å². The molecular weight excluding hydrogens is 388 g/mol. The summed E-state index contributed by atoms with van der Waals surface area (Å²) in [7, 11) is -1.87. The minimum absolute atomic E-state index is 0.0580. The molecule has 1 heterocycles. The summed E-state index contributed by atoms with van der Waals surface area (Å²) in [6, 6.07) is 14.5. The Morgan fingerprint density at radius 1 is 1.03 bits per heavy atom. The van der Waals surface area contributed by atoms with E-state index in [1.165, 1.54) is 30.2 Å². The molecule has 29 heavy (non-hydrogen) atoms. The second-order valence-electron chi connectivity index (χ2n) is 7.83. The van der Waals surface area contributed by atoms with Crippen LogP contribution in [0.5, 0.6) is 0 Å². The first kappa shape index (κ1) is 21.4. The fourth-order valence-electron chi connectivity index (χ4n) is 4.30. The summed E-state index contributed by atoms with van der Waals surface area (Å²) >= 11 is 0. The number of amides is 1. The summed E-state index contributed by atoms with van der Waals surface area (Å²) in [4.78, 5) is 25.1. The number of esters is 1. The number of rotatable bonds is 7. The van der Waals surface area contributed by atoms with Crippen molar-refractivity contribution in [3.63, 3.8) is 0 Å². The quantitative estimate of drug-likeness (QED) is 0.505. The van der Waals surface area contributed by atoms with Crippen molar-refractivity contribution in [1.82, 2.24) is 0 Å². The molecule has 1 saturated heterocycles. The number of hydrogen-bond donors (Lipinski definition) is 1. The molecule has 0 aliphatic carbocycles. The Morgan fingerprint density at radius 3 is 2.45 bits per heavy atom. The number of nitrogens with one attached hydrogen (secondary N) is 1. The van der Waals surface area contributed by atoms with Crippen LogP contribution in [0.4, 0.5) is 10.1 Å². The van der Waals surface area contributed by atoms with Crippen molar-refractivity contribution in [2.45, 2.75) is 32.3 Å². The molecule has 0 atom stereocenters. The topological polar surface area (TPSA) is 55.4 Å². The number of benzene rings is 2. The van der Waals surface area contributed by atoms with Gasteiger partial charge in [-0.2, -0.15) is 0 Å². The first-order chi connectivity index (χ1) is 14.0. The first-order valence-electron chi connectivity index (χ1n) is 10.3. The average Bonchev–Trinajstić information content (AvgIpc) is 2.71. The first-order valence-corrected chi connectivity index (χ1v) is 13.2. The molecule has 1 fully saturated rings. The number of halogens is 1. The van der Waals surface area contributed by atoms with Crippen molar-refractivity contribution in [2.75, 3.05) is 30.4 Å². The third-order valence-electron chi connectivity index (χ3n) is 5.65. The normalized spacial score (nSPS) is 16.6. The standard InChI is InChI=1S/C23H29FNO3P/c1-2-28-23(27)19-12-9-13-20(24)22(19)25-21(26)17-29(14-7-4-8-15-29)16-18-10-5-3-6-11-18/h3,5-6,9-13,29H,2,4,7-8,14-17H2,1H3,(H,25,26). The molecule has 4 nitrogen and oxygen atoms in total. The molecule has 1 aliphatic rings. The van der Waals surface area contributed by atoms with Gasteiger partial charge in [-0.1, -0.05) is 0 Å². The molecule has 3 rings (SSSR count). The van der Waals surface area contributed by atoms with Gasteiger partial charge >= 0.3 is 172 Å². The average molecular weight is 417 g/mol. The molecular formula is C23H29FNO3P. The Kier molecular flexibility index (Phi) is 7.38. The van der Waals surface area contributed by atoms with E-state index < -0.39 is 19.0 Å². The van der Waals surface area contributed by atoms with Gasteiger partial charge in [0.25, 0.3) is 0 Å². The Hall–Kier alpha value is -2.26. The second-order valence-corrected chi connectivity index (χ2v) is 12.5. The Labute approximate surface area is 172 Å². The van der Waals surface area contributed by atoms with Crippen LogP contribution in [0.2, 0.25) is 0 Å². The van der Waals surface area contributed by atoms with E-state index in [9.17, 15) is 14.0 Å². The third-order valence-corrected chi connectivity index (χ3v) is 10.7. The molecule has 6 heteroatoms. The number of carbonyl (C=O) groups is 2. The number of anilines is 1. The predicted molar refractivity (Wildman–Crippen MR) is 118 cm³/mol. The van der Waals surface area contributed by atoms with E-state index >= 15 is 0 Å². The van der Waals surface area contributed by atoms with Gasteiger partial charge in [-0.3, -0.25) is 0 Å². The van der Waals surface area contributed by atoms with Gasteiger partial charge in [-0.15, -0.1) is 0 Å². The summed E-state index contributed by atoms with van der Waals surface area (Å²) in [6.07, 6.45) is 7.14. The maximum atomic E-state index is 14.4. The van der Waals surface area contributed by atoms with Gasteiger partial charge in [0.05, 0.1) is 0 Å². The molecule has 0 saturated carbocycles. The van der Waals surface area contributed by atoms with Gasteiger partial charge in [0, 0.05) is 0 Å². The molecule has 0 unspecified atom stereocenters. The van der Waals surface area contributed by atoms with Crippen LogP contribution in [0.25, 0.3) is 0 Å². The van der Waals surface area contributed by atoms with E-state index in [2.05, 4.69) is 17.4 Å². The zero-order valence-corrected chi connectivity index (χ0v) is 17.9. The van der Waals surface area contributed by atoms with E-state index in [1.54, 1.807) is 6.92 Å². The van der Waals surface area contributed by atoms with Crippen LogP contribution in [0.1, 0.15) is 42.1 Å². The summed E-state index contributed by atoms with van der Waals surface area (Å²) in [6.45, 7) is 1.88. The predicted octanol–water partition coefficient (Wildman–Crippen LogP) is 5.07. The molecule has 0 radical (unpaired) electrons. The van der Waals surface area contributed by atoms with Gasteiger partial charge < -0.3 is 0 Å². The molecule has 0 spiro atoms. The van der Waals surface area contributed by atoms with E-state index in [1.807, 2.05) is 18.2 Å². The van der Waals surface area contributed by atoms with Gasteiger partial charge in [-0.05, 0) is 0 Å². The van der Waals surface area contributed by atoms with Crippen LogP contribution in [0.15, 0.2) is 48.5 Å². The molecule has 1 amide bonds. The number of hydrogen-bond acceptors (Lipinski definition) is 3. The molecule has 1 N–H and O–H groups in total. The SMILES string of the molecule is CCOC(=O)c1cccc(F)c1NC(=O)C[PH]1(Cc2ccccc2)CCCCC1. The summed E-state index contributed by atoms with van der Waals surface area (Å²) in [5.74, 6) is -1.45. The number of ether oxygens (including phenoxy) is 1.